The normalized spacial score (nSPS) is 18.5. The quantitative estimate of drug-likeness (QED) is 0.889. The van der Waals surface area contributed by atoms with Crippen LogP contribution < -0.4 is 5.73 Å². The Balaban J connectivity index is 0.00000220. The number of halogens is 2. The first kappa shape index (κ1) is 21.2. The lowest BCUT2D eigenvalue weighted by Crippen LogP contribution is -2.41. The van der Waals surface area contributed by atoms with Gasteiger partial charge in [-0.15, -0.1) is 24.8 Å². The van der Waals surface area contributed by atoms with E-state index in [1.807, 2.05) is 35.2 Å². The Bertz CT molecular complexity index is 440. The molecule has 6 heteroatoms. The maximum absolute atomic E-state index is 12.5. The molecule has 126 valence electrons. The molecule has 22 heavy (non-hydrogen) atoms. The molecule has 4 nitrogen and oxygen atoms in total. The molecule has 1 heterocycles. The minimum absolute atomic E-state index is 0. The monoisotopic (exact) mass is 347 g/mol. The summed E-state index contributed by atoms with van der Waals surface area (Å²) < 4.78 is 0. The summed E-state index contributed by atoms with van der Waals surface area (Å²) in [5.74, 6) is 0.0471. The van der Waals surface area contributed by atoms with Gasteiger partial charge in [-0.1, -0.05) is 44.2 Å². The zero-order valence-electron chi connectivity index (χ0n) is 13.3. The molecule has 0 spiro atoms. The number of nitrogens with zero attached hydrogens (tertiary/aromatic N) is 2. The number of nitrogens with two attached hydrogens (primary N) is 1. The smallest absolute Gasteiger partial charge is 0.244 e. The zero-order chi connectivity index (χ0) is 14.5. The van der Waals surface area contributed by atoms with Crippen LogP contribution in [0.1, 0.15) is 31.9 Å². The Kier molecular flexibility index (Phi) is 9.69. The highest BCUT2D eigenvalue weighted by Gasteiger charge is 2.31. The van der Waals surface area contributed by atoms with Crippen LogP contribution in [-0.4, -0.2) is 47.9 Å². The van der Waals surface area contributed by atoms with E-state index in [1.54, 1.807) is 0 Å². The maximum atomic E-state index is 12.5. The van der Waals surface area contributed by atoms with E-state index >= 15 is 0 Å². The first-order valence-corrected chi connectivity index (χ1v) is 7.50. The summed E-state index contributed by atoms with van der Waals surface area (Å²) >= 11 is 0. The number of hydrogen-bond acceptors (Lipinski definition) is 3. The van der Waals surface area contributed by atoms with Gasteiger partial charge in [-0.05, 0) is 25.1 Å². The number of hydrogen-bond donors (Lipinski definition) is 1. The first-order chi connectivity index (χ1) is 9.67. The van der Waals surface area contributed by atoms with Gasteiger partial charge in [0.15, 0.2) is 0 Å². The average Bonchev–Trinajstić information content (AvgIpc) is 2.97. The minimum Gasteiger partial charge on any atom is -0.339 e. The van der Waals surface area contributed by atoms with Gasteiger partial charge >= 0.3 is 0 Å². The second-order valence-electron chi connectivity index (χ2n) is 5.34. The van der Waals surface area contributed by atoms with Crippen LogP contribution in [-0.2, 0) is 4.79 Å². The van der Waals surface area contributed by atoms with Gasteiger partial charge in [0.2, 0.25) is 5.91 Å². The predicted octanol–water partition coefficient (Wildman–Crippen LogP) is 2.47. The molecule has 1 aliphatic heterocycles. The van der Waals surface area contributed by atoms with Gasteiger partial charge < -0.3 is 10.6 Å². The van der Waals surface area contributed by atoms with Crippen LogP contribution in [0, 0.1) is 0 Å². The first-order valence-electron chi connectivity index (χ1n) is 7.50. The molecule has 0 aromatic heterocycles. The number of amides is 1. The predicted molar refractivity (Wildman–Crippen MR) is 95.8 cm³/mol. The highest BCUT2D eigenvalue weighted by atomic mass is 35.5. The Morgan fingerprint density at radius 1 is 1.27 bits per heavy atom. The molecule has 2 unspecified atom stereocenters. The van der Waals surface area contributed by atoms with Crippen molar-refractivity contribution in [3.05, 3.63) is 35.9 Å². The maximum Gasteiger partial charge on any atom is 0.244 e. The molecule has 2 N–H and O–H groups in total. The molecule has 2 atom stereocenters. The second-order valence-corrected chi connectivity index (χ2v) is 5.34. The highest BCUT2D eigenvalue weighted by Crippen LogP contribution is 2.20. The fourth-order valence-electron chi connectivity index (χ4n) is 2.98. The Labute approximate surface area is 145 Å². The van der Waals surface area contributed by atoms with Crippen LogP contribution in [0.3, 0.4) is 0 Å². The molecular formula is C16H27Cl2N3O. The van der Waals surface area contributed by atoms with Gasteiger partial charge in [-0.2, -0.15) is 0 Å². The number of rotatable bonds is 5. The molecule has 1 aromatic carbocycles. The van der Waals surface area contributed by atoms with Crippen molar-refractivity contribution in [1.29, 1.82) is 0 Å². The molecule has 0 aliphatic carbocycles. The van der Waals surface area contributed by atoms with Gasteiger partial charge in [0, 0.05) is 19.1 Å². The largest absolute Gasteiger partial charge is 0.339 e. The summed E-state index contributed by atoms with van der Waals surface area (Å²) in [4.78, 5) is 16.8. The van der Waals surface area contributed by atoms with Gasteiger partial charge in [0.1, 0.15) is 6.04 Å². The van der Waals surface area contributed by atoms with Crippen molar-refractivity contribution < 1.29 is 4.79 Å². The van der Waals surface area contributed by atoms with Crippen LogP contribution in [0.2, 0.25) is 0 Å². The van der Waals surface area contributed by atoms with Crippen molar-refractivity contribution in [3.8, 4) is 0 Å². The van der Waals surface area contributed by atoms with Crippen molar-refractivity contribution in [1.82, 2.24) is 9.80 Å². The van der Waals surface area contributed by atoms with Crippen molar-refractivity contribution in [2.24, 2.45) is 5.73 Å². The molecule has 2 rings (SSSR count). The van der Waals surface area contributed by atoms with Crippen LogP contribution in [0.5, 0.6) is 0 Å². The Morgan fingerprint density at radius 2 is 1.86 bits per heavy atom. The third-order valence-electron chi connectivity index (χ3n) is 4.23. The summed E-state index contributed by atoms with van der Waals surface area (Å²) in [6, 6.07) is 9.56. The van der Waals surface area contributed by atoms with E-state index in [2.05, 4.69) is 18.7 Å². The molecule has 0 radical (unpaired) electrons. The Hall–Kier alpha value is -0.810. The fourth-order valence-corrected chi connectivity index (χ4v) is 2.98. The van der Waals surface area contributed by atoms with Crippen LogP contribution in [0.4, 0.5) is 0 Å². The zero-order valence-corrected chi connectivity index (χ0v) is 14.9. The number of likely N-dealkylation sites (N-methyl/N-ethyl adjacent to an activating group) is 1. The van der Waals surface area contributed by atoms with E-state index in [0.717, 1.165) is 38.2 Å². The molecular weight excluding hydrogens is 321 g/mol. The van der Waals surface area contributed by atoms with Crippen molar-refractivity contribution in [3.63, 3.8) is 0 Å². The lowest BCUT2D eigenvalue weighted by Gasteiger charge is -2.27. The van der Waals surface area contributed by atoms with Crippen LogP contribution >= 0.6 is 24.8 Å². The number of benzene rings is 1. The third-order valence-corrected chi connectivity index (χ3v) is 4.23. The molecule has 1 saturated heterocycles. The molecule has 1 amide bonds. The number of carbonyl (C=O) groups is 1. The molecule has 1 aliphatic rings. The Morgan fingerprint density at radius 3 is 2.41 bits per heavy atom. The second kappa shape index (κ2) is 10.1. The van der Waals surface area contributed by atoms with Crippen LogP contribution in [0.25, 0.3) is 0 Å². The van der Waals surface area contributed by atoms with E-state index < -0.39 is 6.04 Å². The molecule has 0 bridgehead atoms. The standard InChI is InChI=1S/C16H25N3O.2ClH/c1-3-18(4-2)14-10-11-19(12-14)16(20)15(17)13-8-6-5-7-9-13;;/h5-9,14-15H,3-4,10-12,17H2,1-2H3;2*1H. The topological polar surface area (TPSA) is 49.6 Å². The molecule has 1 fully saturated rings. The van der Waals surface area contributed by atoms with Gasteiger partial charge in [-0.25, -0.2) is 0 Å². The lowest BCUT2D eigenvalue weighted by atomic mass is 10.1. The van der Waals surface area contributed by atoms with Crippen molar-refractivity contribution >= 4 is 30.7 Å². The summed E-state index contributed by atoms with van der Waals surface area (Å²) in [7, 11) is 0. The SMILES string of the molecule is CCN(CC)C1CCN(C(=O)C(N)c2ccccc2)C1.Cl.Cl. The van der Waals surface area contributed by atoms with E-state index in [9.17, 15) is 4.79 Å². The summed E-state index contributed by atoms with van der Waals surface area (Å²) in [5.41, 5.74) is 6.99. The highest BCUT2D eigenvalue weighted by molar-refractivity contribution is 5.85. The van der Waals surface area contributed by atoms with E-state index in [4.69, 9.17) is 5.73 Å². The third kappa shape index (κ3) is 4.85. The number of likely N-dealkylation sites (tertiary alicyclic amines) is 1. The van der Waals surface area contributed by atoms with Gasteiger partial charge in [-0.3, -0.25) is 9.69 Å². The van der Waals surface area contributed by atoms with Crippen LogP contribution in [0.15, 0.2) is 30.3 Å². The fraction of sp³-hybridized carbons (Fsp3) is 0.562. The van der Waals surface area contributed by atoms with Crippen molar-refractivity contribution in [2.45, 2.75) is 32.4 Å². The van der Waals surface area contributed by atoms with Gasteiger partial charge in [0.05, 0.1) is 0 Å². The number of carbonyl (C=O) groups excluding carboxylic acids is 1. The van der Waals surface area contributed by atoms with Crippen molar-refractivity contribution in [2.75, 3.05) is 26.2 Å². The molecule has 1 aromatic rings. The summed E-state index contributed by atoms with van der Waals surface area (Å²) in [5, 5.41) is 0. The van der Waals surface area contributed by atoms with E-state index in [0.29, 0.717) is 6.04 Å². The lowest BCUT2D eigenvalue weighted by molar-refractivity contribution is -0.131. The van der Waals surface area contributed by atoms with E-state index in [1.165, 1.54) is 0 Å². The molecule has 0 saturated carbocycles. The summed E-state index contributed by atoms with van der Waals surface area (Å²) in [6.07, 6.45) is 1.05. The average molecular weight is 348 g/mol. The van der Waals surface area contributed by atoms with Gasteiger partial charge in [0.25, 0.3) is 0 Å². The minimum atomic E-state index is -0.536. The van der Waals surface area contributed by atoms with E-state index in [-0.39, 0.29) is 30.7 Å². The summed E-state index contributed by atoms with van der Waals surface area (Å²) in [6.45, 7) is 8.04.